The number of hydrogen-bond acceptors (Lipinski definition) is 0. The molecule has 0 N–H and O–H groups in total. The van der Waals surface area contributed by atoms with E-state index in [1.807, 2.05) is 36.4 Å². The van der Waals surface area contributed by atoms with Crippen LogP contribution in [0.2, 0.25) is 0 Å². The van der Waals surface area contributed by atoms with Gasteiger partial charge in [-0.25, -0.2) is 0 Å². The molecule has 0 atom stereocenters. The Morgan fingerprint density at radius 1 is 1.27 bits per heavy atom. The molecule has 56 valence electrons. The summed E-state index contributed by atoms with van der Waals surface area (Å²) in [7, 11) is 0. The molecule has 0 bridgehead atoms. The standard InChI is InChI=1S/C10H9Cl/c1-9(11)7-8-10-5-3-2-4-6-10/h2-8H,1H2/b8-7+. The maximum Gasteiger partial charge on any atom is 0.0334 e. The Kier molecular flexibility index (Phi) is 2.94. The van der Waals surface area contributed by atoms with Crippen LogP contribution in [0.1, 0.15) is 5.56 Å². The highest BCUT2D eigenvalue weighted by atomic mass is 35.5. The van der Waals surface area contributed by atoms with Gasteiger partial charge in [0.25, 0.3) is 0 Å². The lowest BCUT2D eigenvalue weighted by Gasteiger charge is -1.89. The summed E-state index contributed by atoms with van der Waals surface area (Å²) < 4.78 is 0. The van der Waals surface area contributed by atoms with E-state index in [2.05, 4.69) is 6.58 Å². The van der Waals surface area contributed by atoms with Gasteiger partial charge in [-0.15, -0.1) is 0 Å². The van der Waals surface area contributed by atoms with Gasteiger partial charge in [-0.3, -0.25) is 0 Å². The van der Waals surface area contributed by atoms with Crippen LogP contribution in [0.3, 0.4) is 0 Å². The summed E-state index contributed by atoms with van der Waals surface area (Å²) in [4.78, 5) is 0. The second-order valence-electron chi connectivity index (χ2n) is 2.19. The van der Waals surface area contributed by atoms with Gasteiger partial charge in [0.05, 0.1) is 0 Å². The quantitative estimate of drug-likeness (QED) is 0.588. The number of rotatable bonds is 2. The fraction of sp³-hybridized carbons (Fsp3) is 0. The van der Waals surface area contributed by atoms with E-state index in [9.17, 15) is 0 Å². The molecule has 0 aromatic heterocycles. The van der Waals surface area contributed by atoms with Gasteiger partial charge >= 0.3 is 0 Å². The molecule has 0 fully saturated rings. The third kappa shape index (κ3) is 3.06. The first-order chi connectivity index (χ1) is 5.29. The molecule has 0 spiro atoms. The minimum absolute atomic E-state index is 0.550. The normalized spacial score (nSPS) is 10.3. The van der Waals surface area contributed by atoms with Gasteiger partial charge in [0.1, 0.15) is 0 Å². The average molecular weight is 165 g/mol. The maximum absolute atomic E-state index is 5.55. The van der Waals surface area contributed by atoms with E-state index in [1.54, 1.807) is 6.08 Å². The number of hydrogen-bond donors (Lipinski definition) is 0. The molecule has 1 rings (SSSR count). The minimum Gasteiger partial charge on any atom is -0.0850 e. The number of benzene rings is 1. The lowest BCUT2D eigenvalue weighted by Crippen LogP contribution is -1.67. The Balaban J connectivity index is 2.72. The Morgan fingerprint density at radius 3 is 2.45 bits per heavy atom. The first kappa shape index (κ1) is 8.09. The van der Waals surface area contributed by atoms with Gasteiger partial charge in [0.2, 0.25) is 0 Å². The van der Waals surface area contributed by atoms with E-state index in [-0.39, 0.29) is 0 Å². The Hall–Kier alpha value is -1.01. The van der Waals surface area contributed by atoms with Crippen molar-refractivity contribution >= 4 is 17.7 Å². The molecule has 11 heavy (non-hydrogen) atoms. The molecule has 1 aromatic rings. The summed E-state index contributed by atoms with van der Waals surface area (Å²) in [6.07, 6.45) is 3.70. The van der Waals surface area contributed by atoms with E-state index in [0.29, 0.717) is 5.03 Å². The average Bonchev–Trinajstić information content (AvgIpc) is 2.03. The molecule has 0 radical (unpaired) electrons. The molecular weight excluding hydrogens is 156 g/mol. The highest BCUT2D eigenvalue weighted by molar-refractivity contribution is 6.31. The van der Waals surface area contributed by atoms with E-state index in [1.165, 1.54) is 0 Å². The summed E-state index contributed by atoms with van der Waals surface area (Å²) in [5.41, 5.74) is 1.13. The second kappa shape index (κ2) is 3.99. The highest BCUT2D eigenvalue weighted by Gasteiger charge is 1.81. The summed E-state index contributed by atoms with van der Waals surface area (Å²) in [5.74, 6) is 0. The van der Waals surface area contributed by atoms with E-state index < -0.39 is 0 Å². The zero-order valence-electron chi connectivity index (χ0n) is 6.13. The summed E-state index contributed by atoms with van der Waals surface area (Å²) in [6.45, 7) is 3.55. The van der Waals surface area contributed by atoms with Crippen LogP contribution in [-0.2, 0) is 0 Å². The summed E-state index contributed by atoms with van der Waals surface area (Å²) in [5, 5.41) is 0.550. The molecule has 0 saturated heterocycles. The van der Waals surface area contributed by atoms with Crippen molar-refractivity contribution in [2.75, 3.05) is 0 Å². The molecule has 0 aliphatic carbocycles. The topological polar surface area (TPSA) is 0 Å². The SMILES string of the molecule is C=C(Cl)/C=C/c1ccccc1. The molecular formula is C10H9Cl. The molecule has 1 heteroatoms. The van der Waals surface area contributed by atoms with Crippen molar-refractivity contribution in [3.05, 3.63) is 53.6 Å². The molecule has 0 aliphatic rings. The fourth-order valence-corrected chi connectivity index (χ4v) is 0.814. The highest BCUT2D eigenvalue weighted by Crippen LogP contribution is 2.05. The van der Waals surface area contributed by atoms with E-state index in [0.717, 1.165) is 5.56 Å². The van der Waals surface area contributed by atoms with Crippen LogP contribution in [0.4, 0.5) is 0 Å². The molecule has 0 amide bonds. The van der Waals surface area contributed by atoms with Gasteiger partial charge in [-0.1, -0.05) is 54.6 Å². The largest absolute Gasteiger partial charge is 0.0850 e. The zero-order valence-corrected chi connectivity index (χ0v) is 6.88. The number of allylic oxidation sites excluding steroid dienone is 2. The van der Waals surface area contributed by atoms with E-state index >= 15 is 0 Å². The number of halogens is 1. The third-order valence-electron chi connectivity index (χ3n) is 1.26. The van der Waals surface area contributed by atoms with Crippen LogP contribution in [0, 0.1) is 0 Å². The molecule has 0 heterocycles. The Bertz CT molecular complexity index is 259. The Morgan fingerprint density at radius 2 is 1.91 bits per heavy atom. The van der Waals surface area contributed by atoms with Crippen molar-refractivity contribution in [2.24, 2.45) is 0 Å². The Labute approximate surface area is 71.8 Å². The van der Waals surface area contributed by atoms with Gasteiger partial charge in [-0.2, -0.15) is 0 Å². The van der Waals surface area contributed by atoms with Crippen molar-refractivity contribution in [1.29, 1.82) is 0 Å². The summed E-state index contributed by atoms with van der Waals surface area (Å²) in [6, 6.07) is 9.97. The van der Waals surface area contributed by atoms with Crippen LogP contribution in [0.25, 0.3) is 6.08 Å². The predicted molar refractivity (Wildman–Crippen MR) is 50.5 cm³/mol. The lowest BCUT2D eigenvalue weighted by molar-refractivity contribution is 1.66. The molecule has 0 saturated carbocycles. The lowest BCUT2D eigenvalue weighted by atomic mass is 10.2. The van der Waals surface area contributed by atoms with Gasteiger partial charge < -0.3 is 0 Å². The second-order valence-corrected chi connectivity index (χ2v) is 2.68. The minimum atomic E-state index is 0.550. The van der Waals surface area contributed by atoms with Crippen molar-refractivity contribution in [3.8, 4) is 0 Å². The zero-order chi connectivity index (χ0) is 8.10. The predicted octanol–water partition coefficient (Wildman–Crippen LogP) is 3.45. The van der Waals surface area contributed by atoms with Crippen LogP contribution >= 0.6 is 11.6 Å². The van der Waals surface area contributed by atoms with Crippen LogP contribution < -0.4 is 0 Å². The van der Waals surface area contributed by atoms with Crippen LogP contribution in [0.15, 0.2) is 48.0 Å². The molecule has 0 nitrogen and oxygen atoms in total. The van der Waals surface area contributed by atoms with Crippen molar-refractivity contribution in [3.63, 3.8) is 0 Å². The van der Waals surface area contributed by atoms with Gasteiger partial charge in [0.15, 0.2) is 0 Å². The van der Waals surface area contributed by atoms with Crippen molar-refractivity contribution < 1.29 is 0 Å². The molecule has 0 aliphatic heterocycles. The monoisotopic (exact) mass is 164 g/mol. The first-order valence-electron chi connectivity index (χ1n) is 3.36. The van der Waals surface area contributed by atoms with Gasteiger partial charge in [0, 0.05) is 5.03 Å². The van der Waals surface area contributed by atoms with Crippen molar-refractivity contribution in [2.45, 2.75) is 0 Å². The third-order valence-corrected chi connectivity index (χ3v) is 1.38. The van der Waals surface area contributed by atoms with Crippen molar-refractivity contribution in [1.82, 2.24) is 0 Å². The maximum atomic E-state index is 5.55. The fourth-order valence-electron chi connectivity index (χ4n) is 0.751. The first-order valence-corrected chi connectivity index (χ1v) is 3.74. The smallest absolute Gasteiger partial charge is 0.0334 e. The van der Waals surface area contributed by atoms with Crippen LogP contribution in [-0.4, -0.2) is 0 Å². The summed E-state index contributed by atoms with van der Waals surface area (Å²) >= 11 is 5.55. The molecule has 1 aromatic carbocycles. The van der Waals surface area contributed by atoms with Gasteiger partial charge in [-0.05, 0) is 11.6 Å². The van der Waals surface area contributed by atoms with Crippen LogP contribution in [0.5, 0.6) is 0 Å². The van der Waals surface area contributed by atoms with E-state index in [4.69, 9.17) is 11.6 Å². The molecule has 0 unspecified atom stereocenters.